The van der Waals surface area contributed by atoms with Crippen molar-refractivity contribution in [3.8, 4) is 0 Å². The van der Waals surface area contributed by atoms with Gasteiger partial charge in [0.1, 0.15) is 0 Å². The molecule has 0 saturated heterocycles. The molecule has 0 radical (unpaired) electrons. The summed E-state index contributed by atoms with van der Waals surface area (Å²) in [6.45, 7) is 7.06. The average Bonchev–Trinajstić information content (AvgIpc) is 2.83. The molecule has 2 N–H and O–H groups in total. The van der Waals surface area contributed by atoms with Crippen LogP contribution in [0.15, 0.2) is 18.5 Å². The number of rotatable bonds is 6. The van der Waals surface area contributed by atoms with Gasteiger partial charge in [0.25, 0.3) is 0 Å². The van der Waals surface area contributed by atoms with Crippen molar-refractivity contribution in [3.63, 3.8) is 0 Å². The van der Waals surface area contributed by atoms with E-state index in [1.807, 2.05) is 16.9 Å². The topological polar surface area (TPSA) is 56.7 Å². The number of aryl methyl sites for hydroxylation is 3. The monoisotopic (exact) mass is 306 g/mol. The molecule has 0 aliphatic rings. The van der Waals surface area contributed by atoms with Crippen LogP contribution in [0.4, 0.5) is 0 Å². The van der Waals surface area contributed by atoms with Crippen LogP contribution in [-0.2, 0) is 25.8 Å². The maximum Gasteiger partial charge on any atom is 0.0850 e. The van der Waals surface area contributed by atoms with E-state index in [9.17, 15) is 0 Å². The van der Waals surface area contributed by atoms with E-state index in [0.717, 1.165) is 41.4 Å². The Labute approximate surface area is 131 Å². The third kappa shape index (κ3) is 3.27. The Morgan fingerprint density at radius 2 is 2.05 bits per heavy atom. The number of pyridine rings is 1. The van der Waals surface area contributed by atoms with Gasteiger partial charge in [-0.15, -0.1) is 0 Å². The van der Waals surface area contributed by atoms with Crippen molar-refractivity contribution in [1.29, 1.82) is 0 Å². The first-order valence-corrected chi connectivity index (χ1v) is 7.92. The fourth-order valence-corrected chi connectivity index (χ4v) is 2.97. The number of nitrogens with two attached hydrogens (primary N) is 1. The van der Waals surface area contributed by atoms with E-state index in [-0.39, 0.29) is 6.04 Å². The van der Waals surface area contributed by atoms with Gasteiger partial charge < -0.3 is 5.73 Å². The molecule has 0 spiro atoms. The van der Waals surface area contributed by atoms with Crippen molar-refractivity contribution in [2.75, 3.05) is 0 Å². The Morgan fingerprint density at radius 1 is 1.29 bits per heavy atom. The van der Waals surface area contributed by atoms with Crippen molar-refractivity contribution < 1.29 is 0 Å². The second-order valence-electron chi connectivity index (χ2n) is 5.12. The number of hydrogen-bond acceptors (Lipinski definition) is 3. The molecule has 0 aliphatic carbocycles. The lowest BCUT2D eigenvalue weighted by Gasteiger charge is -2.16. The van der Waals surface area contributed by atoms with Gasteiger partial charge in [0, 0.05) is 31.4 Å². The molecule has 2 rings (SSSR count). The SMILES string of the molecule is CCc1cnccc1C(N)Cc1c(Cl)c(CC)nn1CC. The summed E-state index contributed by atoms with van der Waals surface area (Å²) in [5.74, 6) is 0. The van der Waals surface area contributed by atoms with Crippen LogP contribution in [0.25, 0.3) is 0 Å². The molecule has 0 bridgehead atoms. The lowest BCUT2D eigenvalue weighted by Crippen LogP contribution is -2.18. The summed E-state index contributed by atoms with van der Waals surface area (Å²) in [4.78, 5) is 4.18. The van der Waals surface area contributed by atoms with Crippen LogP contribution in [0.5, 0.6) is 0 Å². The van der Waals surface area contributed by atoms with Crippen molar-refractivity contribution in [3.05, 3.63) is 46.0 Å². The molecule has 2 heterocycles. The van der Waals surface area contributed by atoms with E-state index < -0.39 is 0 Å². The highest BCUT2D eigenvalue weighted by Gasteiger charge is 2.19. The number of halogens is 1. The zero-order chi connectivity index (χ0) is 15.4. The van der Waals surface area contributed by atoms with Crippen molar-refractivity contribution in [2.24, 2.45) is 5.73 Å². The van der Waals surface area contributed by atoms with E-state index in [0.29, 0.717) is 6.42 Å². The third-order valence-corrected chi connectivity index (χ3v) is 4.27. The lowest BCUT2D eigenvalue weighted by atomic mass is 9.98. The summed E-state index contributed by atoms with van der Waals surface area (Å²) < 4.78 is 1.97. The van der Waals surface area contributed by atoms with Gasteiger partial charge in [-0.05, 0) is 37.0 Å². The van der Waals surface area contributed by atoms with E-state index in [1.165, 1.54) is 5.56 Å². The molecule has 5 heteroatoms. The predicted octanol–water partition coefficient (Wildman–Crippen LogP) is 3.32. The summed E-state index contributed by atoms with van der Waals surface area (Å²) in [5.41, 5.74) is 10.7. The molecular weight excluding hydrogens is 284 g/mol. The second kappa shape index (κ2) is 7.05. The van der Waals surface area contributed by atoms with E-state index in [4.69, 9.17) is 17.3 Å². The van der Waals surface area contributed by atoms with E-state index >= 15 is 0 Å². The molecular formula is C16H23ClN4. The fraction of sp³-hybridized carbons (Fsp3) is 0.500. The molecule has 1 atom stereocenters. The standard InChI is InChI=1S/C16H23ClN4/c1-4-11-10-19-8-7-12(11)13(18)9-15-16(17)14(5-2)20-21(15)6-3/h7-8,10,13H,4-6,9,18H2,1-3H3. The highest BCUT2D eigenvalue weighted by molar-refractivity contribution is 6.31. The van der Waals surface area contributed by atoms with Crippen LogP contribution in [0.3, 0.4) is 0 Å². The Kier molecular flexibility index (Phi) is 5.37. The number of aromatic nitrogens is 3. The Hall–Kier alpha value is -1.39. The molecule has 2 aromatic heterocycles. The second-order valence-corrected chi connectivity index (χ2v) is 5.49. The summed E-state index contributed by atoms with van der Waals surface area (Å²) >= 11 is 6.46. The molecule has 0 saturated carbocycles. The van der Waals surface area contributed by atoms with Gasteiger partial charge >= 0.3 is 0 Å². The zero-order valence-corrected chi connectivity index (χ0v) is 13.7. The fourth-order valence-electron chi connectivity index (χ4n) is 2.63. The van der Waals surface area contributed by atoms with Gasteiger partial charge in [-0.1, -0.05) is 25.4 Å². The van der Waals surface area contributed by atoms with Crippen molar-refractivity contribution in [2.45, 2.75) is 52.6 Å². The Morgan fingerprint density at radius 3 is 2.67 bits per heavy atom. The van der Waals surface area contributed by atoms with E-state index in [1.54, 1.807) is 6.20 Å². The quantitative estimate of drug-likeness (QED) is 0.890. The molecule has 0 aromatic carbocycles. The van der Waals surface area contributed by atoms with Gasteiger partial charge in [0.2, 0.25) is 0 Å². The molecule has 4 nitrogen and oxygen atoms in total. The van der Waals surface area contributed by atoms with Crippen LogP contribution in [0.2, 0.25) is 5.02 Å². The molecule has 1 unspecified atom stereocenters. The largest absolute Gasteiger partial charge is 0.324 e. The summed E-state index contributed by atoms with van der Waals surface area (Å²) in [6, 6.07) is 1.91. The maximum atomic E-state index is 6.46. The van der Waals surface area contributed by atoms with Crippen molar-refractivity contribution in [1.82, 2.24) is 14.8 Å². The molecule has 2 aromatic rings. The minimum atomic E-state index is -0.0906. The Bertz CT molecular complexity index is 606. The van der Waals surface area contributed by atoms with Gasteiger partial charge in [-0.3, -0.25) is 9.67 Å². The van der Waals surface area contributed by atoms with Crippen LogP contribution in [0, 0.1) is 0 Å². The van der Waals surface area contributed by atoms with Crippen LogP contribution in [-0.4, -0.2) is 14.8 Å². The summed E-state index contributed by atoms with van der Waals surface area (Å²) in [7, 11) is 0. The van der Waals surface area contributed by atoms with Gasteiger partial charge in [0.05, 0.1) is 16.4 Å². The summed E-state index contributed by atoms with van der Waals surface area (Å²) in [5, 5.41) is 5.32. The normalized spacial score (nSPS) is 12.6. The molecule has 0 fully saturated rings. The molecule has 21 heavy (non-hydrogen) atoms. The van der Waals surface area contributed by atoms with Gasteiger partial charge in [-0.25, -0.2) is 0 Å². The smallest absolute Gasteiger partial charge is 0.0850 e. The highest BCUT2D eigenvalue weighted by Crippen LogP contribution is 2.27. The Balaban J connectivity index is 2.31. The molecule has 0 amide bonds. The lowest BCUT2D eigenvalue weighted by molar-refractivity contribution is 0.583. The van der Waals surface area contributed by atoms with Gasteiger partial charge in [0.15, 0.2) is 0 Å². The van der Waals surface area contributed by atoms with Crippen LogP contribution >= 0.6 is 11.6 Å². The first kappa shape index (κ1) is 16.0. The third-order valence-electron chi connectivity index (χ3n) is 3.83. The first-order valence-electron chi connectivity index (χ1n) is 7.54. The molecule has 114 valence electrons. The van der Waals surface area contributed by atoms with E-state index in [2.05, 4.69) is 30.9 Å². The minimum Gasteiger partial charge on any atom is -0.324 e. The molecule has 0 aliphatic heterocycles. The highest BCUT2D eigenvalue weighted by atomic mass is 35.5. The van der Waals surface area contributed by atoms with Crippen LogP contribution in [0.1, 0.15) is 49.3 Å². The van der Waals surface area contributed by atoms with Crippen molar-refractivity contribution >= 4 is 11.6 Å². The number of nitrogens with zero attached hydrogens (tertiary/aromatic N) is 3. The number of hydrogen-bond donors (Lipinski definition) is 1. The van der Waals surface area contributed by atoms with Gasteiger partial charge in [-0.2, -0.15) is 5.10 Å². The van der Waals surface area contributed by atoms with Crippen LogP contribution < -0.4 is 5.73 Å². The maximum absolute atomic E-state index is 6.46. The minimum absolute atomic E-state index is 0.0906. The predicted molar refractivity (Wildman–Crippen MR) is 86.5 cm³/mol. The first-order chi connectivity index (χ1) is 10.1. The summed E-state index contributed by atoms with van der Waals surface area (Å²) in [6.07, 6.45) is 6.15. The zero-order valence-electron chi connectivity index (χ0n) is 12.9. The average molecular weight is 307 g/mol.